The first-order valence-electron chi connectivity index (χ1n) is 7.09. The van der Waals surface area contributed by atoms with Gasteiger partial charge in [0.05, 0.1) is 0 Å². The van der Waals surface area contributed by atoms with E-state index in [0.717, 1.165) is 11.3 Å². The monoisotopic (exact) mass is 288 g/mol. The van der Waals surface area contributed by atoms with Crippen molar-refractivity contribution in [1.82, 2.24) is 10.6 Å². The zero-order valence-corrected chi connectivity index (χ0v) is 13.6. The Morgan fingerprint density at radius 1 is 1.19 bits per heavy atom. The molecular formula is C16H24N4O. The van der Waals surface area contributed by atoms with Crippen LogP contribution < -0.4 is 15.5 Å². The number of guanidine groups is 1. The van der Waals surface area contributed by atoms with Crippen LogP contribution in [0.25, 0.3) is 0 Å². The van der Waals surface area contributed by atoms with Gasteiger partial charge in [0.1, 0.15) is 0 Å². The number of nitrogens with one attached hydrogen (secondary N) is 2. The normalized spacial score (nSPS) is 21.8. The molecule has 1 amide bonds. The second-order valence-electron chi connectivity index (χ2n) is 6.80. The van der Waals surface area contributed by atoms with Gasteiger partial charge >= 0.3 is 0 Å². The van der Waals surface area contributed by atoms with Gasteiger partial charge in [-0.2, -0.15) is 0 Å². The minimum atomic E-state index is -0.877. The van der Waals surface area contributed by atoms with Gasteiger partial charge < -0.3 is 10.2 Å². The fourth-order valence-electron chi connectivity index (χ4n) is 2.23. The van der Waals surface area contributed by atoms with Gasteiger partial charge in [-0.05, 0) is 45.4 Å². The molecule has 0 fully saturated rings. The number of anilines is 1. The van der Waals surface area contributed by atoms with Crippen molar-refractivity contribution in [2.24, 2.45) is 4.99 Å². The van der Waals surface area contributed by atoms with Gasteiger partial charge in [0.25, 0.3) is 5.91 Å². The number of hydrogen-bond acceptors (Lipinski definition) is 4. The Kier molecular flexibility index (Phi) is 3.70. The van der Waals surface area contributed by atoms with Gasteiger partial charge in [-0.1, -0.05) is 12.1 Å². The minimum absolute atomic E-state index is 0.105. The first-order valence-corrected chi connectivity index (χ1v) is 7.09. The fraction of sp³-hybridized carbons (Fsp3) is 0.500. The van der Waals surface area contributed by atoms with E-state index in [0.29, 0.717) is 5.96 Å². The highest BCUT2D eigenvalue weighted by Crippen LogP contribution is 2.30. The Morgan fingerprint density at radius 3 is 2.24 bits per heavy atom. The van der Waals surface area contributed by atoms with Gasteiger partial charge in [-0.25, -0.2) is 4.99 Å². The van der Waals surface area contributed by atoms with Crippen LogP contribution in [0, 0.1) is 0 Å². The van der Waals surface area contributed by atoms with E-state index in [4.69, 9.17) is 0 Å². The fourth-order valence-corrected chi connectivity index (χ4v) is 2.23. The number of hydrogen-bond donors (Lipinski definition) is 2. The Bertz CT molecular complexity index is 569. The molecule has 0 saturated carbocycles. The van der Waals surface area contributed by atoms with E-state index in [1.807, 2.05) is 71.0 Å². The highest BCUT2D eigenvalue weighted by molar-refractivity contribution is 6.07. The molecule has 1 heterocycles. The topological polar surface area (TPSA) is 56.7 Å². The lowest BCUT2D eigenvalue weighted by atomic mass is 9.92. The standard InChI is InChI=1S/C16H24N4O/c1-15(2,3)18-14-17-13(21)16(4,19-14)11-7-9-12(10-8-11)20(5)6/h7-10H,1-6H3,(H2,17,18,19,21). The van der Waals surface area contributed by atoms with Crippen molar-refractivity contribution in [2.75, 3.05) is 19.0 Å². The smallest absolute Gasteiger partial charge is 0.259 e. The van der Waals surface area contributed by atoms with Crippen molar-refractivity contribution in [3.05, 3.63) is 29.8 Å². The van der Waals surface area contributed by atoms with Crippen molar-refractivity contribution in [1.29, 1.82) is 0 Å². The average molecular weight is 288 g/mol. The van der Waals surface area contributed by atoms with E-state index in [1.54, 1.807) is 0 Å². The van der Waals surface area contributed by atoms with E-state index in [-0.39, 0.29) is 11.4 Å². The van der Waals surface area contributed by atoms with Crippen molar-refractivity contribution in [2.45, 2.75) is 38.8 Å². The molecule has 2 rings (SSSR count). The molecule has 0 spiro atoms. The third-order valence-electron chi connectivity index (χ3n) is 3.45. The third-order valence-corrected chi connectivity index (χ3v) is 3.45. The zero-order valence-electron chi connectivity index (χ0n) is 13.6. The number of benzene rings is 1. The summed E-state index contributed by atoms with van der Waals surface area (Å²) in [5.74, 6) is 0.429. The Labute approximate surface area is 126 Å². The predicted molar refractivity (Wildman–Crippen MR) is 86.6 cm³/mol. The van der Waals surface area contributed by atoms with Crippen LogP contribution in [0.15, 0.2) is 29.3 Å². The summed E-state index contributed by atoms with van der Waals surface area (Å²) in [7, 11) is 3.98. The summed E-state index contributed by atoms with van der Waals surface area (Å²) in [4.78, 5) is 18.9. The maximum Gasteiger partial charge on any atom is 0.259 e. The van der Waals surface area contributed by atoms with E-state index in [9.17, 15) is 4.79 Å². The summed E-state index contributed by atoms with van der Waals surface area (Å²) >= 11 is 0. The van der Waals surface area contributed by atoms with Crippen LogP contribution in [0.3, 0.4) is 0 Å². The molecule has 114 valence electrons. The van der Waals surface area contributed by atoms with Crippen molar-refractivity contribution < 1.29 is 4.79 Å². The summed E-state index contributed by atoms with van der Waals surface area (Å²) in [6, 6.07) is 7.91. The molecule has 0 aliphatic carbocycles. The molecule has 0 saturated heterocycles. The van der Waals surface area contributed by atoms with Crippen molar-refractivity contribution in [3.8, 4) is 0 Å². The molecule has 0 aromatic heterocycles. The summed E-state index contributed by atoms with van der Waals surface area (Å²) in [5, 5.41) is 6.04. The molecule has 1 aromatic carbocycles. The maximum absolute atomic E-state index is 12.3. The number of nitrogens with zero attached hydrogens (tertiary/aromatic N) is 2. The molecule has 1 atom stereocenters. The zero-order chi connectivity index (χ0) is 15.8. The number of carbonyl (C=O) groups excluding carboxylic acids is 1. The molecule has 0 bridgehead atoms. The number of carbonyl (C=O) groups is 1. The molecule has 0 radical (unpaired) electrons. The molecule has 5 nitrogen and oxygen atoms in total. The van der Waals surface area contributed by atoms with Crippen molar-refractivity contribution in [3.63, 3.8) is 0 Å². The first kappa shape index (κ1) is 15.4. The largest absolute Gasteiger partial charge is 0.378 e. The second-order valence-corrected chi connectivity index (χ2v) is 6.80. The third kappa shape index (κ3) is 3.17. The first-order chi connectivity index (χ1) is 9.62. The van der Waals surface area contributed by atoms with E-state index < -0.39 is 5.54 Å². The van der Waals surface area contributed by atoms with Crippen LogP contribution >= 0.6 is 0 Å². The van der Waals surface area contributed by atoms with Crippen LogP contribution in [-0.4, -0.2) is 31.5 Å². The van der Waals surface area contributed by atoms with Crippen molar-refractivity contribution >= 4 is 17.6 Å². The molecule has 21 heavy (non-hydrogen) atoms. The van der Waals surface area contributed by atoms with Crippen LogP contribution in [0.5, 0.6) is 0 Å². The predicted octanol–water partition coefficient (Wildman–Crippen LogP) is 1.84. The summed E-state index contributed by atoms with van der Waals surface area (Å²) in [6.45, 7) is 7.93. The molecule has 5 heteroatoms. The van der Waals surface area contributed by atoms with Gasteiger partial charge in [-0.15, -0.1) is 0 Å². The average Bonchev–Trinajstić information content (AvgIpc) is 2.63. The van der Waals surface area contributed by atoms with Crippen LogP contribution in [0.4, 0.5) is 5.69 Å². The van der Waals surface area contributed by atoms with Crippen LogP contribution in [0.2, 0.25) is 0 Å². The molecule has 1 aromatic rings. The lowest BCUT2D eigenvalue weighted by molar-refractivity contribution is -0.123. The summed E-state index contributed by atoms with van der Waals surface area (Å²) in [6.07, 6.45) is 0. The van der Waals surface area contributed by atoms with Crippen LogP contribution in [-0.2, 0) is 10.3 Å². The van der Waals surface area contributed by atoms with E-state index >= 15 is 0 Å². The quantitative estimate of drug-likeness (QED) is 0.873. The number of aliphatic imine (C=N–C) groups is 1. The summed E-state index contributed by atoms with van der Waals surface area (Å²) in [5.41, 5.74) is 0.957. The molecule has 1 unspecified atom stereocenters. The van der Waals surface area contributed by atoms with E-state index in [1.165, 1.54) is 0 Å². The highest BCUT2D eigenvalue weighted by Gasteiger charge is 2.41. The lowest BCUT2D eigenvalue weighted by Gasteiger charge is -2.21. The SMILES string of the molecule is CN(C)c1ccc(C2(C)N=C(NC(C)(C)C)NC2=O)cc1. The van der Waals surface area contributed by atoms with Crippen LogP contribution in [0.1, 0.15) is 33.3 Å². The summed E-state index contributed by atoms with van der Waals surface area (Å²) < 4.78 is 0. The highest BCUT2D eigenvalue weighted by atomic mass is 16.2. The Balaban J connectivity index is 2.30. The minimum Gasteiger partial charge on any atom is -0.378 e. The van der Waals surface area contributed by atoms with E-state index in [2.05, 4.69) is 15.6 Å². The number of amides is 1. The maximum atomic E-state index is 12.3. The Hall–Kier alpha value is -2.04. The molecule has 2 N–H and O–H groups in total. The van der Waals surface area contributed by atoms with Gasteiger partial charge in [0, 0.05) is 25.3 Å². The molecule has 1 aliphatic rings. The lowest BCUT2D eigenvalue weighted by Crippen LogP contribution is -2.47. The Morgan fingerprint density at radius 2 is 1.76 bits per heavy atom. The van der Waals surface area contributed by atoms with Gasteiger partial charge in [0.2, 0.25) is 0 Å². The molecule has 1 aliphatic heterocycles. The number of rotatable bonds is 2. The molecular weight excluding hydrogens is 264 g/mol. The van der Waals surface area contributed by atoms with Gasteiger partial charge in [0.15, 0.2) is 11.5 Å². The van der Waals surface area contributed by atoms with Gasteiger partial charge in [-0.3, -0.25) is 10.1 Å². The second kappa shape index (κ2) is 5.06.